The van der Waals surface area contributed by atoms with Crippen LogP contribution in [-0.4, -0.2) is 77.0 Å². The van der Waals surface area contributed by atoms with Crippen LogP contribution in [0, 0.1) is 6.92 Å². The fourth-order valence-electron chi connectivity index (χ4n) is 4.32. The van der Waals surface area contributed by atoms with E-state index in [9.17, 15) is 18.7 Å². The molecule has 9 heteroatoms. The third-order valence-corrected chi connectivity index (χ3v) is 5.96. The first kappa shape index (κ1) is 20.6. The second-order valence-electron chi connectivity index (χ2n) is 8.19. The summed E-state index contributed by atoms with van der Waals surface area (Å²) in [6.45, 7) is 2.59. The summed E-state index contributed by atoms with van der Waals surface area (Å²) in [7, 11) is 0. The Bertz CT molecular complexity index is 750. The highest BCUT2D eigenvalue weighted by molar-refractivity contribution is 5.77. The van der Waals surface area contributed by atoms with Gasteiger partial charge in [0.25, 0.3) is 5.92 Å². The van der Waals surface area contributed by atoms with E-state index in [0.29, 0.717) is 19.5 Å². The van der Waals surface area contributed by atoms with Crippen molar-refractivity contribution in [2.75, 3.05) is 19.6 Å². The Labute approximate surface area is 168 Å². The summed E-state index contributed by atoms with van der Waals surface area (Å²) in [6.07, 6.45) is -0.405. The van der Waals surface area contributed by atoms with Gasteiger partial charge in [0.2, 0.25) is 5.91 Å². The van der Waals surface area contributed by atoms with E-state index in [1.54, 1.807) is 6.20 Å². The Balaban J connectivity index is 1.22. The molecule has 1 aromatic rings. The van der Waals surface area contributed by atoms with Crippen LogP contribution in [-0.2, 0) is 20.8 Å². The number of carbonyl (C=O) groups excluding carboxylic acids is 1. The van der Waals surface area contributed by atoms with Crippen LogP contribution in [0.2, 0.25) is 0 Å². The van der Waals surface area contributed by atoms with Gasteiger partial charge in [0.05, 0.1) is 37.0 Å². The molecular weight excluding hydrogens is 384 g/mol. The summed E-state index contributed by atoms with van der Waals surface area (Å²) in [5, 5.41) is 13.8. The van der Waals surface area contributed by atoms with Gasteiger partial charge in [-0.2, -0.15) is 0 Å². The number of likely N-dealkylation sites (tertiary alicyclic amines) is 1. The molecule has 0 saturated carbocycles. The molecule has 0 spiro atoms. The first-order valence-corrected chi connectivity index (χ1v) is 10.1. The molecule has 160 valence electrons. The lowest BCUT2D eigenvalue weighted by molar-refractivity contribution is -0.135. The minimum absolute atomic E-state index is 0.0427. The summed E-state index contributed by atoms with van der Waals surface area (Å²) in [4.78, 5) is 17.8. The third-order valence-electron chi connectivity index (χ3n) is 5.96. The predicted molar refractivity (Wildman–Crippen MR) is 99.4 cm³/mol. The average molecular weight is 411 g/mol. The minimum Gasteiger partial charge on any atom is -0.388 e. The van der Waals surface area contributed by atoms with Gasteiger partial charge in [-0.1, -0.05) is 6.07 Å². The summed E-state index contributed by atoms with van der Waals surface area (Å²) >= 11 is 0. The number of ether oxygens (including phenoxy) is 2. The fraction of sp³-hybridized carbons (Fsp3) is 0.700. The van der Waals surface area contributed by atoms with Crippen molar-refractivity contribution in [1.82, 2.24) is 15.2 Å². The van der Waals surface area contributed by atoms with E-state index in [0.717, 1.165) is 11.3 Å². The second kappa shape index (κ2) is 8.22. The zero-order valence-corrected chi connectivity index (χ0v) is 16.4. The van der Waals surface area contributed by atoms with Crippen molar-refractivity contribution in [2.24, 2.45) is 0 Å². The van der Waals surface area contributed by atoms with Crippen LogP contribution in [0.1, 0.15) is 30.5 Å². The van der Waals surface area contributed by atoms with E-state index in [1.165, 1.54) is 4.90 Å². The molecule has 4 heterocycles. The van der Waals surface area contributed by atoms with Gasteiger partial charge >= 0.3 is 0 Å². The smallest absolute Gasteiger partial charge is 0.267 e. The van der Waals surface area contributed by atoms with Gasteiger partial charge in [-0.25, -0.2) is 8.78 Å². The molecule has 3 aliphatic rings. The van der Waals surface area contributed by atoms with Crippen molar-refractivity contribution in [1.29, 1.82) is 0 Å². The number of alkyl halides is 2. The highest BCUT2D eigenvalue weighted by atomic mass is 19.3. The summed E-state index contributed by atoms with van der Waals surface area (Å²) in [5.74, 6) is -3.12. The third kappa shape index (κ3) is 4.58. The number of nitrogens with zero attached hydrogens (tertiary/aromatic N) is 2. The second-order valence-corrected chi connectivity index (χ2v) is 8.19. The molecule has 5 unspecified atom stereocenters. The maximum Gasteiger partial charge on any atom is 0.267 e. The number of aryl methyl sites for hydroxylation is 1. The number of aliphatic hydroxyl groups excluding tert-OH is 1. The van der Waals surface area contributed by atoms with Crippen molar-refractivity contribution >= 4 is 5.91 Å². The van der Waals surface area contributed by atoms with Crippen LogP contribution < -0.4 is 5.32 Å². The molecule has 3 saturated heterocycles. The number of pyridine rings is 1. The Kier molecular flexibility index (Phi) is 5.83. The summed E-state index contributed by atoms with van der Waals surface area (Å²) in [6, 6.07) is 3.88. The molecule has 3 fully saturated rings. The summed E-state index contributed by atoms with van der Waals surface area (Å²) < 4.78 is 38.4. The van der Waals surface area contributed by atoms with Crippen molar-refractivity contribution < 1.29 is 28.2 Å². The first-order valence-electron chi connectivity index (χ1n) is 10.1. The molecule has 5 atom stereocenters. The van der Waals surface area contributed by atoms with Gasteiger partial charge in [-0.3, -0.25) is 9.78 Å². The standard InChI is InChI=1S/C20H27F2N3O4/c1-12-3-2-5-24-14(12)9-23-10-16-18(27)19-15(29-16)7-13(28-19)8-17(26)25-6-4-20(21,22)11-25/h2-3,5,13,15-16,18-19,23,27H,4,6-11H2,1H3. The number of nitrogens with one attached hydrogen (secondary N) is 1. The lowest BCUT2D eigenvalue weighted by atomic mass is 10.1. The molecule has 4 rings (SSSR count). The molecule has 3 aliphatic heterocycles. The van der Waals surface area contributed by atoms with Crippen LogP contribution in [0.4, 0.5) is 8.78 Å². The van der Waals surface area contributed by atoms with Crippen molar-refractivity contribution in [2.45, 2.75) is 69.2 Å². The number of carbonyl (C=O) groups is 1. The number of rotatable bonds is 6. The highest BCUT2D eigenvalue weighted by Gasteiger charge is 2.51. The largest absolute Gasteiger partial charge is 0.388 e. The molecule has 7 nitrogen and oxygen atoms in total. The SMILES string of the molecule is Cc1cccnc1CNCC1OC2CC(CC(=O)N3CCC(F)(F)C3)OC2C1O. The van der Waals surface area contributed by atoms with E-state index in [4.69, 9.17) is 9.47 Å². The van der Waals surface area contributed by atoms with Crippen LogP contribution in [0.3, 0.4) is 0 Å². The lowest BCUT2D eigenvalue weighted by Gasteiger charge is -2.22. The molecule has 0 bridgehead atoms. The Hall–Kier alpha value is -1.68. The van der Waals surface area contributed by atoms with E-state index < -0.39 is 36.9 Å². The van der Waals surface area contributed by atoms with E-state index in [-0.39, 0.29) is 31.4 Å². The van der Waals surface area contributed by atoms with Crippen molar-refractivity contribution in [3.8, 4) is 0 Å². The van der Waals surface area contributed by atoms with Crippen LogP contribution in [0.15, 0.2) is 18.3 Å². The Morgan fingerprint density at radius 1 is 1.45 bits per heavy atom. The topological polar surface area (TPSA) is 83.9 Å². The number of amides is 1. The number of hydrogen-bond acceptors (Lipinski definition) is 6. The maximum atomic E-state index is 13.3. The van der Waals surface area contributed by atoms with Crippen LogP contribution in [0.25, 0.3) is 0 Å². The molecular formula is C20H27F2N3O4. The predicted octanol–water partition coefficient (Wildman–Crippen LogP) is 1.02. The minimum atomic E-state index is -2.80. The van der Waals surface area contributed by atoms with E-state index in [2.05, 4.69) is 10.3 Å². The van der Waals surface area contributed by atoms with E-state index >= 15 is 0 Å². The Morgan fingerprint density at radius 2 is 2.28 bits per heavy atom. The van der Waals surface area contributed by atoms with Gasteiger partial charge in [-0.15, -0.1) is 0 Å². The molecule has 0 aliphatic carbocycles. The Morgan fingerprint density at radius 3 is 2.97 bits per heavy atom. The highest BCUT2D eigenvalue weighted by Crippen LogP contribution is 2.36. The summed E-state index contributed by atoms with van der Waals surface area (Å²) in [5.41, 5.74) is 2.04. The lowest BCUT2D eigenvalue weighted by Crippen LogP contribution is -2.39. The zero-order chi connectivity index (χ0) is 20.6. The fourth-order valence-corrected chi connectivity index (χ4v) is 4.32. The number of fused-ring (bicyclic) bond motifs is 1. The van der Waals surface area contributed by atoms with Crippen LogP contribution >= 0.6 is 0 Å². The molecule has 0 radical (unpaired) electrons. The maximum absolute atomic E-state index is 13.3. The molecule has 29 heavy (non-hydrogen) atoms. The molecule has 0 aromatic carbocycles. The molecule has 2 N–H and O–H groups in total. The number of aliphatic hydroxyl groups is 1. The monoisotopic (exact) mass is 411 g/mol. The van der Waals surface area contributed by atoms with Crippen molar-refractivity contribution in [3.63, 3.8) is 0 Å². The first-order chi connectivity index (χ1) is 13.8. The van der Waals surface area contributed by atoms with Crippen LogP contribution in [0.5, 0.6) is 0 Å². The zero-order valence-electron chi connectivity index (χ0n) is 16.4. The van der Waals surface area contributed by atoms with Gasteiger partial charge in [0, 0.05) is 38.7 Å². The number of aromatic nitrogens is 1. The van der Waals surface area contributed by atoms with Gasteiger partial charge in [0.15, 0.2) is 0 Å². The van der Waals surface area contributed by atoms with Crippen molar-refractivity contribution in [3.05, 3.63) is 29.6 Å². The average Bonchev–Trinajstić information content (AvgIpc) is 3.31. The van der Waals surface area contributed by atoms with Gasteiger partial charge in [-0.05, 0) is 18.6 Å². The quantitative estimate of drug-likeness (QED) is 0.727. The molecule has 1 aromatic heterocycles. The van der Waals surface area contributed by atoms with Gasteiger partial charge < -0.3 is 24.8 Å². The normalized spacial score (nSPS) is 33.2. The molecule has 1 amide bonds. The van der Waals surface area contributed by atoms with E-state index in [1.807, 2.05) is 19.1 Å². The number of hydrogen-bond donors (Lipinski definition) is 2. The number of halogens is 2. The van der Waals surface area contributed by atoms with Gasteiger partial charge in [0.1, 0.15) is 12.2 Å².